The van der Waals surface area contributed by atoms with Crippen LogP contribution in [0.4, 0.5) is 9.18 Å². The minimum atomic E-state index is -0.590. The summed E-state index contributed by atoms with van der Waals surface area (Å²) in [5.74, 6) is -0.282. The molecule has 1 aromatic heterocycles. The van der Waals surface area contributed by atoms with Gasteiger partial charge in [-0.2, -0.15) is 0 Å². The fourth-order valence-corrected chi connectivity index (χ4v) is 4.01. The highest BCUT2D eigenvalue weighted by Gasteiger charge is 2.29. The largest absolute Gasteiger partial charge is 0.465 e. The number of hydrogen-bond acceptors (Lipinski definition) is 5. The number of esters is 1. The van der Waals surface area contributed by atoms with E-state index in [1.807, 2.05) is 6.92 Å². The van der Waals surface area contributed by atoms with Gasteiger partial charge in [0.25, 0.3) is 5.56 Å². The number of carbonyl (C=O) groups is 2. The predicted octanol–water partition coefficient (Wildman–Crippen LogP) is 4.60. The molecular formula is C27H33FN4O4. The molecule has 0 aliphatic heterocycles. The second kappa shape index (κ2) is 12.3. The summed E-state index contributed by atoms with van der Waals surface area (Å²) in [6, 6.07) is 11.6. The predicted molar refractivity (Wildman–Crippen MR) is 137 cm³/mol. The Morgan fingerprint density at radius 3 is 2.44 bits per heavy atom. The lowest BCUT2D eigenvalue weighted by Gasteiger charge is -2.33. The summed E-state index contributed by atoms with van der Waals surface area (Å²) in [6.07, 6.45) is 1.16. The Hall–Kier alpha value is -3.75. The van der Waals surface area contributed by atoms with E-state index in [-0.39, 0.29) is 18.7 Å². The first-order valence-corrected chi connectivity index (χ1v) is 12.2. The maximum absolute atomic E-state index is 13.7. The average Bonchev–Trinajstić information content (AvgIpc) is 2.86. The van der Waals surface area contributed by atoms with Crippen molar-refractivity contribution in [2.75, 3.05) is 19.7 Å². The van der Waals surface area contributed by atoms with Crippen LogP contribution >= 0.6 is 0 Å². The number of benzene rings is 2. The first-order valence-electron chi connectivity index (χ1n) is 12.2. The van der Waals surface area contributed by atoms with E-state index in [0.29, 0.717) is 47.7 Å². The summed E-state index contributed by atoms with van der Waals surface area (Å²) in [5, 5.41) is 3.06. The number of hydrogen-bond donors (Lipinski definition) is 1. The Kier molecular flexibility index (Phi) is 9.16. The van der Waals surface area contributed by atoms with Crippen LogP contribution in [0.15, 0.2) is 53.3 Å². The number of carbonyl (C=O) groups excluding carboxylic acids is 2. The van der Waals surface area contributed by atoms with E-state index in [1.54, 1.807) is 36.1 Å². The zero-order valence-electron chi connectivity index (χ0n) is 21.2. The number of nitrogens with one attached hydrogen (secondary N) is 1. The molecule has 36 heavy (non-hydrogen) atoms. The van der Waals surface area contributed by atoms with Crippen molar-refractivity contribution in [3.05, 3.63) is 70.5 Å². The first kappa shape index (κ1) is 26.8. The monoisotopic (exact) mass is 496 g/mol. The van der Waals surface area contributed by atoms with Gasteiger partial charge in [-0.05, 0) is 62.1 Å². The van der Waals surface area contributed by atoms with Crippen molar-refractivity contribution in [1.82, 2.24) is 19.8 Å². The first-order chi connectivity index (χ1) is 17.3. The van der Waals surface area contributed by atoms with Gasteiger partial charge in [-0.15, -0.1) is 0 Å². The number of rotatable bonds is 10. The zero-order chi connectivity index (χ0) is 26.2. The quantitative estimate of drug-likeness (QED) is 0.414. The Bertz CT molecular complexity index is 1260. The summed E-state index contributed by atoms with van der Waals surface area (Å²) in [5.41, 5.74) is 0.644. The molecule has 3 rings (SSSR count). The standard InChI is InChI=1S/C27H33FN4O4/c1-5-23(31(16-15-18(3)4)27(35)29-17-24(33)36-6-2)25-30-22-10-8-7-9-21(22)26(34)32(25)20-13-11-19(28)12-14-20/h7-14,18,23H,5-6,15-17H2,1-4H3,(H,29,35). The number of ether oxygens (including phenoxy) is 1. The van der Waals surface area contributed by atoms with Gasteiger partial charge in [0.05, 0.1) is 29.2 Å². The molecule has 0 spiro atoms. The average molecular weight is 497 g/mol. The Labute approximate surface area is 210 Å². The third-order valence-corrected chi connectivity index (χ3v) is 5.84. The van der Waals surface area contributed by atoms with Crippen molar-refractivity contribution in [3.63, 3.8) is 0 Å². The van der Waals surface area contributed by atoms with Crippen molar-refractivity contribution in [3.8, 4) is 5.69 Å². The van der Waals surface area contributed by atoms with Gasteiger partial charge in [-0.1, -0.05) is 32.9 Å². The lowest BCUT2D eigenvalue weighted by atomic mass is 10.1. The molecule has 0 aliphatic rings. The molecule has 0 aliphatic carbocycles. The topological polar surface area (TPSA) is 93.5 Å². The summed E-state index contributed by atoms with van der Waals surface area (Å²) in [4.78, 5) is 45.3. The second-order valence-corrected chi connectivity index (χ2v) is 8.87. The molecule has 2 amide bonds. The van der Waals surface area contributed by atoms with Crippen molar-refractivity contribution in [2.24, 2.45) is 5.92 Å². The summed E-state index contributed by atoms with van der Waals surface area (Å²) in [6.45, 7) is 8.04. The molecule has 3 aromatic rings. The van der Waals surface area contributed by atoms with Crippen LogP contribution in [0.25, 0.3) is 16.6 Å². The van der Waals surface area contributed by atoms with Crippen molar-refractivity contribution < 1.29 is 18.7 Å². The maximum atomic E-state index is 13.7. The second-order valence-electron chi connectivity index (χ2n) is 8.87. The normalized spacial score (nSPS) is 11.9. The van der Waals surface area contributed by atoms with Gasteiger partial charge in [0, 0.05) is 6.54 Å². The van der Waals surface area contributed by atoms with Crippen molar-refractivity contribution >= 4 is 22.9 Å². The van der Waals surface area contributed by atoms with Crippen molar-refractivity contribution in [1.29, 1.82) is 0 Å². The Morgan fingerprint density at radius 2 is 1.81 bits per heavy atom. The molecule has 0 saturated heterocycles. The molecule has 1 atom stereocenters. The molecule has 192 valence electrons. The van der Waals surface area contributed by atoms with Crippen molar-refractivity contribution in [2.45, 2.75) is 46.6 Å². The smallest absolute Gasteiger partial charge is 0.325 e. The third-order valence-electron chi connectivity index (χ3n) is 5.84. The number of amides is 2. The zero-order valence-corrected chi connectivity index (χ0v) is 21.2. The van der Waals surface area contributed by atoms with Gasteiger partial charge in [-0.3, -0.25) is 14.2 Å². The molecule has 0 fully saturated rings. The summed E-state index contributed by atoms with van der Waals surface area (Å²) in [7, 11) is 0. The van der Waals surface area contributed by atoms with Gasteiger partial charge in [0.15, 0.2) is 0 Å². The molecule has 1 unspecified atom stereocenters. The Morgan fingerprint density at radius 1 is 1.11 bits per heavy atom. The molecular weight excluding hydrogens is 463 g/mol. The minimum absolute atomic E-state index is 0.217. The summed E-state index contributed by atoms with van der Waals surface area (Å²) >= 11 is 0. The lowest BCUT2D eigenvalue weighted by Crippen LogP contribution is -2.46. The number of nitrogens with zero attached hydrogens (tertiary/aromatic N) is 3. The number of para-hydroxylation sites is 1. The van der Waals surface area contributed by atoms with Crippen LogP contribution in [0.3, 0.4) is 0 Å². The van der Waals surface area contributed by atoms with Gasteiger partial charge in [0.2, 0.25) is 0 Å². The molecule has 1 N–H and O–H groups in total. The van der Waals surface area contributed by atoms with Gasteiger partial charge < -0.3 is 15.0 Å². The lowest BCUT2D eigenvalue weighted by molar-refractivity contribution is -0.141. The third kappa shape index (κ3) is 6.27. The highest BCUT2D eigenvalue weighted by molar-refractivity contribution is 5.81. The van der Waals surface area contributed by atoms with Crippen LogP contribution in [-0.2, 0) is 9.53 Å². The van der Waals surface area contributed by atoms with Crippen LogP contribution in [0.5, 0.6) is 0 Å². The molecule has 0 radical (unpaired) electrons. The van der Waals surface area contributed by atoms with E-state index in [9.17, 15) is 18.8 Å². The SMILES string of the molecule is CCOC(=O)CNC(=O)N(CCC(C)C)C(CC)c1nc2ccccc2c(=O)n1-c1ccc(F)cc1. The van der Waals surface area contributed by atoms with Gasteiger partial charge >= 0.3 is 12.0 Å². The molecule has 9 heteroatoms. The molecule has 8 nitrogen and oxygen atoms in total. The fraction of sp³-hybridized carbons (Fsp3) is 0.407. The fourth-order valence-electron chi connectivity index (χ4n) is 4.01. The van der Waals surface area contributed by atoms with E-state index in [0.717, 1.165) is 0 Å². The highest BCUT2D eigenvalue weighted by Crippen LogP contribution is 2.27. The minimum Gasteiger partial charge on any atom is -0.465 e. The van der Waals surface area contributed by atoms with Crippen LogP contribution in [0.2, 0.25) is 0 Å². The van der Waals surface area contributed by atoms with E-state index in [2.05, 4.69) is 19.2 Å². The molecule has 0 bridgehead atoms. The van der Waals surface area contributed by atoms with Crippen LogP contribution in [-0.4, -0.2) is 46.1 Å². The number of aromatic nitrogens is 2. The highest BCUT2D eigenvalue weighted by atomic mass is 19.1. The van der Waals surface area contributed by atoms with E-state index >= 15 is 0 Å². The molecule has 0 saturated carbocycles. The number of halogens is 1. The van der Waals surface area contributed by atoms with E-state index < -0.39 is 23.9 Å². The number of urea groups is 1. The Balaban J connectivity index is 2.14. The maximum Gasteiger partial charge on any atom is 0.325 e. The van der Waals surface area contributed by atoms with E-state index in [1.165, 1.54) is 28.8 Å². The molecule has 2 aromatic carbocycles. The van der Waals surface area contributed by atoms with Crippen LogP contribution in [0, 0.1) is 11.7 Å². The van der Waals surface area contributed by atoms with Gasteiger partial charge in [-0.25, -0.2) is 14.2 Å². The number of fused-ring (bicyclic) bond motifs is 1. The molecule has 1 heterocycles. The van der Waals surface area contributed by atoms with E-state index in [4.69, 9.17) is 9.72 Å². The van der Waals surface area contributed by atoms with Gasteiger partial charge in [0.1, 0.15) is 18.2 Å². The summed E-state index contributed by atoms with van der Waals surface area (Å²) < 4.78 is 20.1. The van der Waals surface area contributed by atoms with Crippen LogP contribution in [0.1, 0.15) is 52.4 Å². The van der Waals surface area contributed by atoms with Crippen LogP contribution < -0.4 is 10.9 Å².